The number of amides is 2. The van der Waals surface area contributed by atoms with E-state index in [1.165, 1.54) is 0 Å². The summed E-state index contributed by atoms with van der Waals surface area (Å²) in [6.07, 6.45) is -0.243. The summed E-state index contributed by atoms with van der Waals surface area (Å²) < 4.78 is 17.2. The van der Waals surface area contributed by atoms with E-state index in [1.54, 1.807) is 32.7 Å². The zero-order chi connectivity index (χ0) is 27.0. The fraction of sp³-hybridized carbons (Fsp3) is 0.760. The normalized spacial score (nSPS) is 20.1. The van der Waals surface area contributed by atoms with Gasteiger partial charge in [0.2, 0.25) is 11.7 Å². The number of nitrogens with zero attached hydrogens (tertiary/aromatic N) is 5. The molecule has 3 rings (SSSR count). The highest BCUT2D eigenvalue weighted by Gasteiger charge is 2.37. The van der Waals surface area contributed by atoms with E-state index >= 15 is 0 Å². The van der Waals surface area contributed by atoms with Gasteiger partial charge in [-0.3, -0.25) is 5.32 Å². The van der Waals surface area contributed by atoms with Gasteiger partial charge in [-0.25, -0.2) is 9.59 Å². The molecule has 0 aromatic carbocycles. The second-order valence-corrected chi connectivity index (χ2v) is 11.9. The van der Waals surface area contributed by atoms with Crippen molar-refractivity contribution >= 4 is 29.8 Å². The quantitative estimate of drug-likeness (QED) is 0.645. The van der Waals surface area contributed by atoms with Gasteiger partial charge >= 0.3 is 12.2 Å². The molecular formula is C25H42N6O5. The van der Waals surface area contributed by atoms with Crippen molar-refractivity contribution in [3.63, 3.8) is 0 Å². The molecule has 11 heteroatoms. The molecule has 2 atom stereocenters. The number of aromatic nitrogens is 2. The molecule has 0 spiro atoms. The Hall–Kier alpha value is -2.98. The summed E-state index contributed by atoms with van der Waals surface area (Å²) in [4.78, 5) is 40.2. The Morgan fingerprint density at radius 2 is 1.69 bits per heavy atom. The Kier molecular flexibility index (Phi) is 7.80. The molecule has 0 aliphatic carbocycles. The molecule has 1 unspecified atom stereocenters. The van der Waals surface area contributed by atoms with Gasteiger partial charge < -0.3 is 28.9 Å². The second-order valence-electron chi connectivity index (χ2n) is 11.9. The van der Waals surface area contributed by atoms with Crippen LogP contribution < -0.4 is 19.9 Å². The standard InChI is InChI=1S/C25H42N6O5/c1-15(2)17-14-34-18-19(30(17)10)26-21(28-22(32)35-24(3,4)5)27-20(18)31-12-11-16(13-31)29(9)23(33)36-25(6,7)8/h15-17H,11-14H2,1-10H3,(H,26,27,28,32)/t16-,17?/m1/s1. The molecule has 1 fully saturated rings. The van der Waals surface area contributed by atoms with Crippen LogP contribution in [0.2, 0.25) is 0 Å². The van der Waals surface area contributed by atoms with Crippen LogP contribution in [0.15, 0.2) is 0 Å². The third-order valence-corrected chi connectivity index (χ3v) is 6.13. The first-order valence-electron chi connectivity index (χ1n) is 12.5. The van der Waals surface area contributed by atoms with E-state index in [2.05, 4.69) is 38.9 Å². The molecule has 1 aromatic heterocycles. The highest BCUT2D eigenvalue weighted by Crippen LogP contribution is 2.42. The lowest BCUT2D eigenvalue weighted by atomic mass is 10.0. The maximum Gasteiger partial charge on any atom is 0.414 e. The third kappa shape index (κ3) is 6.61. The zero-order valence-electron chi connectivity index (χ0n) is 23.3. The van der Waals surface area contributed by atoms with Gasteiger partial charge in [0.15, 0.2) is 11.6 Å². The number of likely N-dealkylation sites (N-methyl/N-ethyl adjacent to an activating group) is 2. The molecule has 1 N–H and O–H groups in total. The van der Waals surface area contributed by atoms with E-state index in [9.17, 15) is 9.59 Å². The van der Waals surface area contributed by atoms with Crippen LogP contribution in [-0.2, 0) is 9.47 Å². The minimum atomic E-state index is -0.655. The maximum atomic E-state index is 12.6. The van der Waals surface area contributed by atoms with Gasteiger partial charge in [0.25, 0.3) is 0 Å². The molecular weight excluding hydrogens is 464 g/mol. The van der Waals surface area contributed by atoms with Crippen molar-refractivity contribution in [2.75, 3.05) is 48.9 Å². The van der Waals surface area contributed by atoms with Crippen LogP contribution in [0, 0.1) is 5.92 Å². The summed E-state index contributed by atoms with van der Waals surface area (Å²) in [5.74, 6) is 2.24. The summed E-state index contributed by atoms with van der Waals surface area (Å²) in [6.45, 7) is 16.9. The first-order chi connectivity index (χ1) is 16.6. The predicted octanol–water partition coefficient (Wildman–Crippen LogP) is 4.12. The number of ether oxygens (including phenoxy) is 3. The van der Waals surface area contributed by atoms with Crippen molar-refractivity contribution in [3.8, 4) is 5.75 Å². The number of nitrogens with one attached hydrogen (secondary N) is 1. The molecule has 2 aliphatic rings. The molecule has 0 bridgehead atoms. The fourth-order valence-electron chi connectivity index (χ4n) is 4.27. The van der Waals surface area contributed by atoms with Crippen molar-refractivity contribution in [1.82, 2.24) is 14.9 Å². The summed E-state index contributed by atoms with van der Waals surface area (Å²) in [7, 11) is 3.73. The molecule has 0 saturated carbocycles. The average molecular weight is 507 g/mol. The lowest BCUT2D eigenvalue weighted by Gasteiger charge is -2.38. The molecule has 3 heterocycles. The lowest BCUT2D eigenvalue weighted by Crippen LogP contribution is -2.45. The SMILES string of the molecule is CC(C)C1COc2c(N3CC[C@@H](N(C)C(=O)OC(C)(C)C)C3)nc(NC(=O)OC(C)(C)C)nc2N1C. The summed E-state index contributed by atoms with van der Waals surface area (Å²) in [5, 5.41) is 2.68. The Bertz CT molecular complexity index is 971. The average Bonchev–Trinajstić information content (AvgIpc) is 3.20. The van der Waals surface area contributed by atoms with Crippen molar-refractivity contribution in [1.29, 1.82) is 0 Å². The first kappa shape index (κ1) is 27.6. The monoisotopic (exact) mass is 506 g/mol. The van der Waals surface area contributed by atoms with Crippen molar-refractivity contribution in [2.45, 2.75) is 85.1 Å². The number of hydrogen-bond acceptors (Lipinski definition) is 9. The number of carbonyl (C=O) groups is 2. The van der Waals surface area contributed by atoms with E-state index in [-0.39, 0.29) is 24.1 Å². The predicted molar refractivity (Wildman–Crippen MR) is 139 cm³/mol. The molecule has 11 nitrogen and oxygen atoms in total. The molecule has 202 valence electrons. The minimum absolute atomic E-state index is 0.0579. The fourth-order valence-corrected chi connectivity index (χ4v) is 4.27. The van der Waals surface area contributed by atoms with Gasteiger partial charge in [-0.15, -0.1) is 0 Å². The Balaban J connectivity index is 1.89. The molecule has 1 saturated heterocycles. The van der Waals surface area contributed by atoms with Crippen LogP contribution in [0.1, 0.15) is 61.8 Å². The van der Waals surface area contributed by atoms with E-state index in [0.717, 1.165) is 6.42 Å². The van der Waals surface area contributed by atoms with E-state index in [0.29, 0.717) is 43.0 Å². The Morgan fingerprint density at radius 3 is 2.28 bits per heavy atom. The lowest BCUT2D eigenvalue weighted by molar-refractivity contribution is 0.0237. The smallest absolute Gasteiger partial charge is 0.414 e. The minimum Gasteiger partial charge on any atom is -0.484 e. The van der Waals surface area contributed by atoms with Gasteiger partial charge in [0.05, 0.1) is 12.1 Å². The summed E-state index contributed by atoms with van der Waals surface area (Å²) in [5.41, 5.74) is -1.22. The zero-order valence-corrected chi connectivity index (χ0v) is 23.3. The topological polar surface area (TPSA) is 109 Å². The van der Waals surface area contributed by atoms with Gasteiger partial charge in [0, 0.05) is 27.2 Å². The van der Waals surface area contributed by atoms with Crippen LogP contribution in [0.4, 0.5) is 27.2 Å². The number of carbonyl (C=O) groups excluding carboxylic acids is 2. The van der Waals surface area contributed by atoms with Gasteiger partial charge in [-0.1, -0.05) is 13.8 Å². The number of rotatable bonds is 4. The molecule has 36 heavy (non-hydrogen) atoms. The highest BCUT2D eigenvalue weighted by atomic mass is 16.6. The van der Waals surface area contributed by atoms with Crippen molar-refractivity contribution < 1.29 is 23.8 Å². The summed E-state index contributed by atoms with van der Waals surface area (Å²) in [6, 6.07) is 0.0664. The van der Waals surface area contributed by atoms with Crippen LogP contribution in [0.5, 0.6) is 5.75 Å². The Morgan fingerprint density at radius 1 is 1.08 bits per heavy atom. The molecule has 2 amide bonds. The number of anilines is 3. The largest absolute Gasteiger partial charge is 0.484 e. The van der Waals surface area contributed by atoms with Crippen molar-refractivity contribution in [2.24, 2.45) is 5.92 Å². The Labute approximate surface area is 214 Å². The van der Waals surface area contributed by atoms with E-state index in [1.807, 2.05) is 27.8 Å². The van der Waals surface area contributed by atoms with Crippen LogP contribution in [0.25, 0.3) is 0 Å². The summed E-state index contributed by atoms with van der Waals surface area (Å²) >= 11 is 0. The highest BCUT2D eigenvalue weighted by molar-refractivity contribution is 5.84. The van der Waals surface area contributed by atoms with Crippen LogP contribution in [0.3, 0.4) is 0 Å². The third-order valence-electron chi connectivity index (χ3n) is 6.13. The maximum absolute atomic E-state index is 12.6. The molecule has 2 aliphatic heterocycles. The molecule has 1 aromatic rings. The van der Waals surface area contributed by atoms with Gasteiger partial charge in [-0.2, -0.15) is 9.97 Å². The molecule has 0 radical (unpaired) electrons. The van der Waals surface area contributed by atoms with Gasteiger partial charge in [-0.05, 0) is 53.9 Å². The van der Waals surface area contributed by atoms with Crippen LogP contribution in [-0.4, -0.2) is 84.1 Å². The van der Waals surface area contributed by atoms with Crippen LogP contribution >= 0.6 is 0 Å². The first-order valence-corrected chi connectivity index (χ1v) is 12.5. The number of fused-ring (bicyclic) bond motifs is 1. The van der Waals surface area contributed by atoms with E-state index in [4.69, 9.17) is 14.2 Å². The van der Waals surface area contributed by atoms with Gasteiger partial charge in [0.1, 0.15) is 17.8 Å². The van der Waals surface area contributed by atoms with Crippen molar-refractivity contribution in [3.05, 3.63) is 0 Å². The number of hydrogen-bond donors (Lipinski definition) is 1. The second kappa shape index (κ2) is 10.2. The van der Waals surface area contributed by atoms with E-state index < -0.39 is 17.3 Å².